The lowest BCUT2D eigenvalue weighted by atomic mass is 9.88. The number of ether oxygens (including phenoxy) is 2. The quantitative estimate of drug-likeness (QED) is 0.847. The molecule has 1 aliphatic heterocycles. The lowest BCUT2D eigenvalue weighted by Crippen LogP contribution is -2.38. The minimum Gasteiger partial charge on any atom is -0.493 e. The molecule has 1 aliphatic carbocycles. The van der Waals surface area contributed by atoms with Gasteiger partial charge in [-0.15, -0.1) is 11.3 Å². The van der Waals surface area contributed by atoms with Crippen LogP contribution in [0.5, 0.6) is 11.5 Å². The topological polar surface area (TPSA) is 59.6 Å². The molecule has 4 rings (SSSR count). The molecule has 0 fully saturated rings. The summed E-state index contributed by atoms with van der Waals surface area (Å²) in [6, 6.07) is 5.78. The molecule has 0 saturated carbocycles. The molecule has 2 heterocycles. The summed E-state index contributed by atoms with van der Waals surface area (Å²) in [7, 11) is 1.63. The highest BCUT2D eigenvalue weighted by Crippen LogP contribution is 2.43. The third-order valence-corrected chi connectivity index (χ3v) is 6.30. The van der Waals surface area contributed by atoms with Crippen LogP contribution in [0.15, 0.2) is 18.2 Å². The molecule has 0 unspecified atom stereocenters. The van der Waals surface area contributed by atoms with Crippen LogP contribution in [0, 0.1) is 5.92 Å². The Morgan fingerprint density at radius 2 is 2.12 bits per heavy atom. The van der Waals surface area contributed by atoms with Crippen molar-refractivity contribution < 1.29 is 14.3 Å². The Hall–Kier alpha value is -2.21. The van der Waals surface area contributed by atoms with Crippen molar-refractivity contribution in [2.45, 2.75) is 39.3 Å². The summed E-state index contributed by atoms with van der Waals surface area (Å²) in [4.78, 5) is 14.2. The molecule has 2 aliphatic rings. The van der Waals surface area contributed by atoms with Gasteiger partial charge in [0.1, 0.15) is 11.2 Å². The average molecular weight is 372 g/mol. The summed E-state index contributed by atoms with van der Waals surface area (Å²) in [6.07, 6.45) is 2.96. The van der Waals surface area contributed by atoms with Crippen molar-refractivity contribution in [3.05, 3.63) is 39.8 Å². The van der Waals surface area contributed by atoms with Crippen LogP contribution in [0.25, 0.3) is 0 Å². The van der Waals surface area contributed by atoms with Gasteiger partial charge in [0, 0.05) is 4.88 Å². The molecule has 1 aromatic heterocycles. The highest BCUT2D eigenvalue weighted by molar-refractivity contribution is 7.16. The van der Waals surface area contributed by atoms with Crippen LogP contribution in [-0.2, 0) is 12.8 Å². The molecule has 0 saturated heterocycles. The Labute approximate surface area is 157 Å². The largest absolute Gasteiger partial charge is 0.493 e. The van der Waals surface area contributed by atoms with Gasteiger partial charge in [0.05, 0.1) is 19.3 Å². The minimum atomic E-state index is -0.267. The Balaban J connectivity index is 1.64. The third kappa shape index (κ3) is 2.92. The van der Waals surface area contributed by atoms with Crippen LogP contribution < -0.4 is 20.1 Å². The molecule has 2 aromatic rings. The number of hydrogen-bond donors (Lipinski definition) is 2. The number of methoxy groups -OCH3 is 1. The number of hydrogen-bond acceptors (Lipinski definition) is 5. The molecule has 0 spiro atoms. The van der Waals surface area contributed by atoms with E-state index >= 15 is 0 Å². The zero-order valence-corrected chi connectivity index (χ0v) is 16.2. The van der Waals surface area contributed by atoms with Crippen molar-refractivity contribution in [3.63, 3.8) is 0 Å². The van der Waals surface area contributed by atoms with Gasteiger partial charge in [0.2, 0.25) is 0 Å². The first-order chi connectivity index (χ1) is 12.6. The molecule has 26 heavy (non-hydrogen) atoms. The molecule has 6 heteroatoms. The maximum Gasteiger partial charge on any atom is 0.256 e. The minimum absolute atomic E-state index is 0.0173. The van der Waals surface area contributed by atoms with Gasteiger partial charge in [-0.3, -0.25) is 4.79 Å². The second-order valence-corrected chi connectivity index (χ2v) is 8.06. The van der Waals surface area contributed by atoms with E-state index in [1.165, 1.54) is 10.4 Å². The van der Waals surface area contributed by atoms with Gasteiger partial charge in [-0.25, -0.2) is 0 Å². The van der Waals surface area contributed by atoms with Gasteiger partial charge in [0.15, 0.2) is 11.5 Å². The van der Waals surface area contributed by atoms with Crippen LogP contribution in [0.4, 0.5) is 5.00 Å². The van der Waals surface area contributed by atoms with Crippen molar-refractivity contribution in [3.8, 4) is 11.5 Å². The fourth-order valence-corrected chi connectivity index (χ4v) is 5.20. The van der Waals surface area contributed by atoms with Gasteiger partial charge < -0.3 is 20.1 Å². The van der Waals surface area contributed by atoms with Crippen LogP contribution >= 0.6 is 11.3 Å². The van der Waals surface area contributed by atoms with Crippen molar-refractivity contribution in [1.29, 1.82) is 0 Å². The molecule has 0 radical (unpaired) electrons. The number of amides is 1. The van der Waals surface area contributed by atoms with E-state index in [2.05, 4.69) is 17.6 Å². The molecule has 2 N–H and O–H groups in total. The lowest BCUT2D eigenvalue weighted by molar-refractivity contribution is 0.0935. The predicted octanol–water partition coefficient (Wildman–Crippen LogP) is 4.13. The van der Waals surface area contributed by atoms with E-state index in [0.29, 0.717) is 24.0 Å². The van der Waals surface area contributed by atoms with Gasteiger partial charge in [-0.05, 0) is 55.4 Å². The molecule has 1 aromatic carbocycles. The summed E-state index contributed by atoms with van der Waals surface area (Å²) in [5.74, 6) is 2.09. The fourth-order valence-electron chi connectivity index (χ4n) is 3.77. The van der Waals surface area contributed by atoms with E-state index in [-0.39, 0.29) is 12.1 Å². The van der Waals surface area contributed by atoms with Gasteiger partial charge in [-0.1, -0.05) is 13.0 Å². The van der Waals surface area contributed by atoms with Crippen molar-refractivity contribution in [2.24, 2.45) is 5.92 Å². The first-order valence-corrected chi connectivity index (χ1v) is 9.95. The first-order valence-electron chi connectivity index (χ1n) is 9.13. The highest BCUT2D eigenvalue weighted by atomic mass is 32.1. The number of anilines is 1. The lowest BCUT2D eigenvalue weighted by Gasteiger charge is -2.27. The van der Waals surface area contributed by atoms with E-state index in [9.17, 15) is 4.79 Å². The van der Waals surface area contributed by atoms with Crippen molar-refractivity contribution in [2.75, 3.05) is 19.0 Å². The summed E-state index contributed by atoms with van der Waals surface area (Å²) in [6.45, 7) is 4.80. The van der Waals surface area contributed by atoms with Gasteiger partial charge in [-0.2, -0.15) is 0 Å². The van der Waals surface area contributed by atoms with Crippen LogP contribution in [0.2, 0.25) is 0 Å². The average Bonchev–Trinajstić information content (AvgIpc) is 3.00. The fraction of sp³-hybridized carbons (Fsp3) is 0.450. The zero-order valence-electron chi connectivity index (χ0n) is 15.3. The van der Waals surface area contributed by atoms with Crippen molar-refractivity contribution >= 4 is 22.2 Å². The Morgan fingerprint density at radius 3 is 2.88 bits per heavy atom. The van der Waals surface area contributed by atoms with E-state index in [4.69, 9.17) is 9.47 Å². The Bertz CT molecular complexity index is 846. The van der Waals surface area contributed by atoms with E-state index in [1.807, 2.05) is 25.1 Å². The molecule has 1 amide bonds. The molecule has 2 atom stereocenters. The number of thiophene rings is 1. The number of carbonyl (C=O) groups is 1. The molecular weight excluding hydrogens is 348 g/mol. The number of fused-ring (bicyclic) bond motifs is 3. The molecule has 0 bridgehead atoms. The van der Waals surface area contributed by atoms with Crippen LogP contribution in [0.1, 0.15) is 52.8 Å². The smallest absolute Gasteiger partial charge is 0.256 e. The van der Waals surface area contributed by atoms with E-state index in [1.54, 1.807) is 18.4 Å². The monoisotopic (exact) mass is 372 g/mol. The van der Waals surface area contributed by atoms with E-state index < -0.39 is 0 Å². The molecule has 5 nitrogen and oxygen atoms in total. The Kier molecular flexibility index (Phi) is 4.53. The maximum atomic E-state index is 12.8. The first kappa shape index (κ1) is 17.2. The van der Waals surface area contributed by atoms with Crippen LogP contribution in [-0.4, -0.2) is 19.6 Å². The summed E-state index contributed by atoms with van der Waals surface area (Å²) < 4.78 is 11.0. The SMILES string of the molecule is CCOc1ccc([C@@H]2NC(=O)c3c(sc4c3CC[C@H](C)C4)N2)cc1OC. The number of carbonyl (C=O) groups excluding carboxylic acids is 1. The standard InChI is InChI=1S/C20H24N2O3S/c1-4-25-14-8-6-12(10-15(14)24-3)18-21-19(23)17-13-7-5-11(2)9-16(13)26-20(17)22-18/h6,8,10-11,18,22H,4-5,7,9H2,1-3H3,(H,21,23)/t11-,18+/m0/s1. The number of rotatable bonds is 4. The number of nitrogens with one attached hydrogen (secondary N) is 2. The summed E-state index contributed by atoms with van der Waals surface area (Å²) >= 11 is 1.74. The predicted molar refractivity (Wildman–Crippen MR) is 104 cm³/mol. The zero-order chi connectivity index (χ0) is 18.3. The second-order valence-electron chi connectivity index (χ2n) is 6.95. The van der Waals surface area contributed by atoms with E-state index in [0.717, 1.165) is 35.4 Å². The molecular formula is C20H24N2O3S. The highest BCUT2D eigenvalue weighted by Gasteiger charge is 2.33. The van der Waals surface area contributed by atoms with Crippen molar-refractivity contribution in [1.82, 2.24) is 5.32 Å². The van der Waals surface area contributed by atoms with Gasteiger partial charge >= 0.3 is 0 Å². The maximum absolute atomic E-state index is 12.8. The number of benzene rings is 1. The summed E-state index contributed by atoms with van der Waals surface area (Å²) in [5, 5.41) is 7.60. The summed E-state index contributed by atoms with van der Waals surface area (Å²) in [5.41, 5.74) is 3.05. The van der Waals surface area contributed by atoms with Crippen LogP contribution in [0.3, 0.4) is 0 Å². The van der Waals surface area contributed by atoms with Gasteiger partial charge in [0.25, 0.3) is 5.91 Å². The molecule has 138 valence electrons. The Morgan fingerprint density at radius 1 is 1.27 bits per heavy atom. The normalized spacial score (nSPS) is 21.3. The second kappa shape index (κ2) is 6.83. The third-order valence-electron chi connectivity index (χ3n) is 5.11.